The fraction of sp³-hybridized carbons (Fsp3) is 0.294. The second-order valence-corrected chi connectivity index (χ2v) is 12.9. The molecule has 0 bridgehead atoms. The molecule has 47 heavy (non-hydrogen) atoms. The first kappa shape index (κ1) is 30.5. The predicted molar refractivity (Wildman–Crippen MR) is 166 cm³/mol. The molecule has 3 aromatic carbocycles. The number of hydrogen-bond donors (Lipinski definition) is 1. The lowest BCUT2D eigenvalue weighted by Gasteiger charge is -2.49. The van der Waals surface area contributed by atoms with Crippen molar-refractivity contribution in [2.75, 3.05) is 16.9 Å². The Hall–Kier alpha value is -5.10. The van der Waals surface area contributed by atoms with Gasteiger partial charge >= 0.3 is 0 Å². The van der Waals surface area contributed by atoms with Crippen LogP contribution in [0.2, 0.25) is 5.02 Å². The van der Waals surface area contributed by atoms with E-state index in [1.807, 2.05) is 6.08 Å². The number of hydrogen-bond acceptors (Lipinski definition) is 8. The number of ether oxygens (including phenoxy) is 1. The summed E-state index contributed by atoms with van der Waals surface area (Å²) in [5.41, 5.74) is -0.0776. The van der Waals surface area contributed by atoms with Crippen molar-refractivity contribution in [1.29, 1.82) is 0 Å². The molecular formula is C34H27ClFN3O8. The van der Waals surface area contributed by atoms with Gasteiger partial charge in [0.1, 0.15) is 5.82 Å². The van der Waals surface area contributed by atoms with Gasteiger partial charge in [-0.2, -0.15) is 0 Å². The lowest BCUT2D eigenvalue weighted by Crippen LogP contribution is -2.48. The fourth-order valence-corrected chi connectivity index (χ4v) is 8.30. The van der Waals surface area contributed by atoms with E-state index < -0.39 is 69.4 Å². The molecule has 7 rings (SSSR count). The largest absolute Gasteiger partial charge is 0.504 e. The molecule has 0 spiro atoms. The van der Waals surface area contributed by atoms with Gasteiger partial charge in [-0.1, -0.05) is 29.3 Å². The zero-order valence-electron chi connectivity index (χ0n) is 25.1. The number of nitro groups is 1. The van der Waals surface area contributed by atoms with Crippen LogP contribution >= 0.6 is 11.6 Å². The standard InChI is InChI=1S/C34H27ClFN3O8/c1-34-23(31(42)38(33(34)44)19-8-11-25(36)24(35)14-19)15-22-20(29(34)16-3-12-27(47-2)26(40)13-16)9-10-21-28(22)32(43)37(30(21)41)17-4-6-18(7-5-17)39(45)46/h3-9,11-14,21-23,28-29,40H,10,15H2,1-2H3. The number of nitro benzene ring substituents is 1. The van der Waals surface area contributed by atoms with Crippen molar-refractivity contribution >= 4 is 52.3 Å². The van der Waals surface area contributed by atoms with E-state index in [-0.39, 0.29) is 46.4 Å². The molecule has 4 aliphatic rings. The quantitative estimate of drug-likeness (QED) is 0.163. The number of nitrogens with zero attached hydrogens (tertiary/aromatic N) is 3. The minimum atomic E-state index is -1.39. The number of carbonyl (C=O) groups excluding carboxylic acids is 4. The summed E-state index contributed by atoms with van der Waals surface area (Å²) >= 11 is 6.04. The summed E-state index contributed by atoms with van der Waals surface area (Å²) in [5, 5.41) is 21.7. The minimum Gasteiger partial charge on any atom is -0.504 e. The van der Waals surface area contributed by atoms with Crippen molar-refractivity contribution in [3.8, 4) is 11.5 Å². The number of phenols is 1. The highest BCUT2D eigenvalue weighted by molar-refractivity contribution is 6.32. The topological polar surface area (TPSA) is 147 Å². The minimum absolute atomic E-state index is 0.0747. The van der Waals surface area contributed by atoms with Crippen molar-refractivity contribution in [2.24, 2.45) is 29.1 Å². The van der Waals surface area contributed by atoms with Gasteiger partial charge in [-0.05, 0) is 73.7 Å². The third-order valence-corrected chi connectivity index (χ3v) is 10.6. The SMILES string of the molecule is COc1ccc(C2C3=CCC4C(=O)N(c5ccc([N+](=O)[O-])cc5)C(=O)C4C3CC3C(=O)N(c4ccc(F)c(Cl)c4)C(=O)C32C)cc1O. The zero-order valence-corrected chi connectivity index (χ0v) is 25.8. The zero-order chi connectivity index (χ0) is 33.5. The number of allylic oxidation sites excluding steroid dienone is 2. The monoisotopic (exact) mass is 659 g/mol. The summed E-state index contributed by atoms with van der Waals surface area (Å²) < 4.78 is 19.3. The average molecular weight is 660 g/mol. The van der Waals surface area contributed by atoms with Crippen molar-refractivity contribution < 1.29 is 38.3 Å². The highest BCUT2D eigenvalue weighted by atomic mass is 35.5. The molecule has 11 nitrogen and oxygen atoms in total. The smallest absolute Gasteiger partial charge is 0.269 e. The van der Waals surface area contributed by atoms with Crippen LogP contribution in [0.5, 0.6) is 11.5 Å². The van der Waals surface area contributed by atoms with E-state index in [1.165, 1.54) is 49.6 Å². The summed E-state index contributed by atoms with van der Waals surface area (Å²) in [4.78, 5) is 69.3. The fourth-order valence-electron chi connectivity index (χ4n) is 8.13. The first-order valence-corrected chi connectivity index (χ1v) is 15.3. The van der Waals surface area contributed by atoms with Gasteiger partial charge in [-0.3, -0.25) is 34.2 Å². The Bertz CT molecular complexity index is 1950. The van der Waals surface area contributed by atoms with E-state index in [4.69, 9.17) is 16.3 Å². The second kappa shape index (κ2) is 10.7. The van der Waals surface area contributed by atoms with Gasteiger partial charge in [-0.15, -0.1) is 0 Å². The maximum absolute atomic E-state index is 14.5. The van der Waals surface area contributed by atoms with Gasteiger partial charge in [0.25, 0.3) is 5.69 Å². The summed E-state index contributed by atoms with van der Waals surface area (Å²) in [7, 11) is 1.40. The number of anilines is 2. The lowest BCUT2D eigenvalue weighted by molar-refractivity contribution is -0.384. The van der Waals surface area contributed by atoms with Gasteiger partial charge in [0.2, 0.25) is 23.6 Å². The van der Waals surface area contributed by atoms with Crippen molar-refractivity contribution in [3.63, 3.8) is 0 Å². The highest BCUT2D eigenvalue weighted by Gasteiger charge is 2.67. The van der Waals surface area contributed by atoms with Crippen molar-refractivity contribution in [3.05, 3.63) is 98.8 Å². The lowest BCUT2D eigenvalue weighted by atomic mass is 9.51. The number of non-ortho nitro benzene ring substituents is 1. The molecule has 2 saturated heterocycles. The first-order valence-electron chi connectivity index (χ1n) is 14.9. The molecule has 4 amide bonds. The predicted octanol–water partition coefficient (Wildman–Crippen LogP) is 5.54. The van der Waals surface area contributed by atoms with E-state index >= 15 is 0 Å². The number of fused-ring (bicyclic) bond motifs is 4. The number of imide groups is 2. The van der Waals surface area contributed by atoms with Crippen LogP contribution in [-0.4, -0.2) is 40.8 Å². The number of carbonyl (C=O) groups is 4. The number of halogens is 2. The van der Waals surface area contributed by atoms with Gasteiger partial charge < -0.3 is 9.84 Å². The van der Waals surface area contributed by atoms with Crippen LogP contribution in [-0.2, 0) is 19.2 Å². The molecule has 1 saturated carbocycles. The summed E-state index contributed by atoms with van der Waals surface area (Å²) in [6, 6.07) is 13.5. The number of phenolic OH excluding ortho intramolecular Hbond substituents is 1. The number of amides is 4. The van der Waals surface area contributed by atoms with Gasteiger partial charge in [0.05, 0.1) is 51.6 Å². The van der Waals surface area contributed by atoms with E-state index in [0.717, 1.165) is 15.9 Å². The molecule has 3 fully saturated rings. The molecule has 0 aromatic heterocycles. The normalized spacial score (nSPS) is 28.2. The number of aromatic hydroxyl groups is 1. The van der Waals surface area contributed by atoms with Gasteiger partial charge in [-0.25, -0.2) is 9.29 Å². The molecule has 3 aromatic rings. The molecule has 2 aliphatic carbocycles. The Labute approximate surface area is 272 Å². The summed E-state index contributed by atoms with van der Waals surface area (Å²) in [6.07, 6.45) is 2.12. The van der Waals surface area contributed by atoms with E-state index in [2.05, 4.69) is 0 Å². The molecule has 6 atom stereocenters. The van der Waals surface area contributed by atoms with Gasteiger partial charge in [0, 0.05) is 18.1 Å². The average Bonchev–Trinajstić information content (AvgIpc) is 3.41. The Balaban J connectivity index is 1.35. The van der Waals surface area contributed by atoms with E-state index in [1.54, 1.807) is 19.1 Å². The maximum atomic E-state index is 14.5. The van der Waals surface area contributed by atoms with Gasteiger partial charge in [0.15, 0.2) is 11.5 Å². The second-order valence-electron chi connectivity index (χ2n) is 12.5. The van der Waals surface area contributed by atoms with Crippen LogP contribution < -0.4 is 14.5 Å². The Morgan fingerprint density at radius 2 is 1.66 bits per heavy atom. The third-order valence-electron chi connectivity index (χ3n) is 10.3. The molecule has 240 valence electrons. The van der Waals surface area contributed by atoms with Crippen molar-refractivity contribution in [1.82, 2.24) is 0 Å². The highest BCUT2D eigenvalue weighted by Crippen LogP contribution is 2.64. The number of methoxy groups -OCH3 is 1. The molecule has 13 heteroatoms. The first-order chi connectivity index (χ1) is 22.4. The Morgan fingerprint density at radius 1 is 0.957 bits per heavy atom. The molecule has 6 unspecified atom stereocenters. The Morgan fingerprint density at radius 3 is 2.30 bits per heavy atom. The maximum Gasteiger partial charge on any atom is 0.269 e. The van der Waals surface area contributed by atoms with E-state index in [0.29, 0.717) is 11.1 Å². The van der Waals surface area contributed by atoms with Crippen LogP contribution in [0, 0.1) is 45.0 Å². The van der Waals surface area contributed by atoms with Crippen LogP contribution in [0.3, 0.4) is 0 Å². The van der Waals surface area contributed by atoms with Crippen molar-refractivity contribution in [2.45, 2.75) is 25.7 Å². The van der Waals surface area contributed by atoms with Crippen LogP contribution in [0.15, 0.2) is 72.3 Å². The van der Waals surface area contributed by atoms with Crippen LogP contribution in [0.25, 0.3) is 0 Å². The summed E-state index contributed by atoms with van der Waals surface area (Å²) in [5.74, 6) is -6.73. The third kappa shape index (κ3) is 4.31. The molecule has 2 aliphatic heterocycles. The molecule has 1 N–H and O–H groups in total. The van der Waals surface area contributed by atoms with E-state index in [9.17, 15) is 38.8 Å². The van der Waals surface area contributed by atoms with Crippen LogP contribution in [0.1, 0.15) is 31.2 Å². The number of rotatable bonds is 5. The number of benzene rings is 3. The molecular weight excluding hydrogens is 633 g/mol. The summed E-state index contributed by atoms with van der Waals surface area (Å²) in [6.45, 7) is 1.68. The Kier molecular flexibility index (Phi) is 6.97. The molecule has 0 radical (unpaired) electrons. The molecule has 2 heterocycles. The van der Waals surface area contributed by atoms with Crippen LogP contribution in [0.4, 0.5) is 21.5 Å².